The van der Waals surface area contributed by atoms with Gasteiger partial charge in [0, 0.05) is 7.05 Å². The first-order chi connectivity index (χ1) is 9.82. The van der Waals surface area contributed by atoms with Crippen LogP contribution in [0.3, 0.4) is 0 Å². The summed E-state index contributed by atoms with van der Waals surface area (Å²) in [5.74, 6) is -0.761. The minimum atomic E-state index is -3.92. The summed E-state index contributed by atoms with van der Waals surface area (Å²) in [6.07, 6.45) is 1.44. The van der Waals surface area contributed by atoms with Gasteiger partial charge >= 0.3 is 5.97 Å². The topological polar surface area (TPSA) is 87.8 Å². The molecule has 0 aliphatic rings. The molecule has 0 bridgehead atoms. The van der Waals surface area contributed by atoms with Gasteiger partial charge in [-0.25, -0.2) is 13.2 Å². The Kier molecular flexibility index (Phi) is 4.36. The first-order valence-corrected chi connectivity index (χ1v) is 7.65. The number of benzene rings is 1. The molecular weight excluding hydrogens is 318 g/mol. The molecule has 8 heteroatoms. The number of hydrogen-bond acceptors (Lipinski definition) is 4. The van der Waals surface area contributed by atoms with Crippen molar-refractivity contribution in [3.05, 3.63) is 52.9 Å². The lowest BCUT2D eigenvalue weighted by Crippen LogP contribution is -2.26. The maximum Gasteiger partial charge on any atom is 0.335 e. The molecule has 0 radical (unpaired) electrons. The summed E-state index contributed by atoms with van der Waals surface area (Å²) >= 11 is 5.89. The Balaban J connectivity index is 2.38. The van der Waals surface area contributed by atoms with Crippen molar-refractivity contribution in [2.24, 2.45) is 0 Å². The fraction of sp³-hybridized carbons (Fsp3) is 0.154. The fourth-order valence-corrected chi connectivity index (χ4v) is 3.34. The number of nitrogens with zero attached hydrogens (tertiary/aromatic N) is 1. The molecule has 0 saturated carbocycles. The number of sulfonamides is 1. The van der Waals surface area contributed by atoms with Crippen LogP contribution >= 0.6 is 11.6 Å². The lowest BCUT2D eigenvalue weighted by Gasteiger charge is -2.17. The highest BCUT2D eigenvalue weighted by molar-refractivity contribution is 7.89. The Morgan fingerprint density at radius 1 is 1.38 bits per heavy atom. The van der Waals surface area contributed by atoms with Gasteiger partial charge in [-0.2, -0.15) is 4.31 Å². The van der Waals surface area contributed by atoms with Crippen LogP contribution in [-0.4, -0.2) is 30.8 Å². The van der Waals surface area contributed by atoms with E-state index in [0.717, 1.165) is 10.4 Å². The summed E-state index contributed by atoms with van der Waals surface area (Å²) in [4.78, 5) is 10.7. The van der Waals surface area contributed by atoms with Crippen LogP contribution in [0.15, 0.2) is 45.9 Å². The number of aromatic carboxylic acids is 1. The summed E-state index contributed by atoms with van der Waals surface area (Å²) in [7, 11) is -2.56. The van der Waals surface area contributed by atoms with Crippen LogP contribution in [0.2, 0.25) is 5.02 Å². The summed E-state index contributed by atoms with van der Waals surface area (Å²) in [5, 5.41) is 8.91. The molecule has 2 rings (SSSR count). The van der Waals surface area contributed by atoms with Crippen LogP contribution in [0, 0.1) is 0 Å². The highest BCUT2D eigenvalue weighted by Crippen LogP contribution is 2.26. The molecule has 0 spiro atoms. The monoisotopic (exact) mass is 329 g/mol. The molecular formula is C13H12ClNO5S. The zero-order valence-electron chi connectivity index (χ0n) is 11.0. The van der Waals surface area contributed by atoms with Gasteiger partial charge in [0.25, 0.3) is 0 Å². The first-order valence-electron chi connectivity index (χ1n) is 5.84. The maximum atomic E-state index is 12.5. The normalized spacial score (nSPS) is 11.8. The minimum absolute atomic E-state index is 0.0168. The smallest absolute Gasteiger partial charge is 0.335 e. The summed E-state index contributed by atoms with van der Waals surface area (Å²) in [5.41, 5.74) is -0.149. The van der Waals surface area contributed by atoms with Gasteiger partial charge in [-0.3, -0.25) is 0 Å². The van der Waals surface area contributed by atoms with Crippen LogP contribution in [-0.2, 0) is 16.6 Å². The predicted molar refractivity (Wildman–Crippen MR) is 75.8 cm³/mol. The summed E-state index contributed by atoms with van der Waals surface area (Å²) in [6, 6.07) is 6.82. The molecule has 1 heterocycles. The Morgan fingerprint density at radius 2 is 2.10 bits per heavy atom. The van der Waals surface area contributed by atoms with Crippen molar-refractivity contribution in [2.75, 3.05) is 7.05 Å². The van der Waals surface area contributed by atoms with Crippen LogP contribution in [0.25, 0.3) is 0 Å². The number of carboxylic acid groups (broad SMARTS) is 1. The third-order valence-corrected chi connectivity index (χ3v) is 5.11. The molecule has 21 heavy (non-hydrogen) atoms. The van der Waals surface area contributed by atoms with Gasteiger partial charge in [0.05, 0.1) is 23.4 Å². The number of rotatable bonds is 5. The summed E-state index contributed by atoms with van der Waals surface area (Å²) < 4.78 is 31.1. The van der Waals surface area contributed by atoms with Crippen molar-refractivity contribution in [3.8, 4) is 0 Å². The minimum Gasteiger partial charge on any atom is -0.478 e. The van der Waals surface area contributed by atoms with Crippen molar-refractivity contribution in [1.29, 1.82) is 0 Å². The number of furan rings is 1. The zero-order chi connectivity index (χ0) is 15.6. The molecule has 0 aliphatic heterocycles. The Labute approximate surface area is 126 Å². The molecule has 2 aromatic rings. The average molecular weight is 330 g/mol. The van der Waals surface area contributed by atoms with Gasteiger partial charge in [-0.1, -0.05) is 11.6 Å². The lowest BCUT2D eigenvalue weighted by atomic mass is 10.2. The second-order valence-electron chi connectivity index (χ2n) is 4.29. The van der Waals surface area contributed by atoms with E-state index in [2.05, 4.69) is 0 Å². The molecule has 112 valence electrons. The fourth-order valence-electron chi connectivity index (χ4n) is 1.71. The maximum absolute atomic E-state index is 12.5. The van der Waals surface area contributed by atoms with Gasteiger partial charge in [0.1, 0.15) is 10.7 Å². The van der Waals surface area contributed by atoms with Gasteiger partial charge in [-0.15, -0.1) is 0 Å². The van der Waals surface area contributed by atoms with E-state index < -0.39 is 16.0 Å². The molecule has 1 aromatic heterocycles. The van der Waals surface area contributed by atoms with Crippen LogP contribution in [0.5, 0.6) is 0 Å². The van der Waals surface area contributed by atoms with Crippen LogP contribution in [0.4, 0.5) is 0 Å². The SMILES string of the molecule is CN(Cc1ccco1)S(=O)(=O)c1cc(C(=O)O)ccc1Cl. The number of hydrogen-bond donors (Lipinski definition) is 1. The van der Waals surface area contributed by atoms with E-state index in [4.69, 9.17) is 21.1 Å². The van der Waals surface area contributed by atoms with Gasteiger partial charge in [0.2, 0.25) is 10.0 Å². The third-order valence-electron chi connectivity index (χ3n) is 2.82. The molecule has 0 fully saturated rings. The Bertz CT molecular complexity index is 755. The van der Waals surface area contributed by atoms with Gasteiger partial charge in [-0.05, 0) is 30.3 Å². The molecule has 1 N–H and O–H groups in total. The molecule has 0 unspecified atom stereocenters. The lowest BCUT2D eigenvalue weighted by molar-refractivity contribution is 0.0696. The molecule has 0 atom stereocenters. The first kappa shape index (κ1) is 15.6. The Hall–Kier alpha value is -1.83. The largest absolute Gasteiger partial charge is 0.478 e. The van der Waals surface area contributed by atoms with Crippen molar-refractivity contribution in [3.63, 3.8) is 0 Å². The number of carbonyl (C=O) groups is 1. The standard InChI is InChI=1S/C13H12ClNO5S/c1-15(8-10-3-2-6-20-10)21(18,19)12-7-9(13(16)17)4-5-11(12)14/h2-7H,8H2,1H3,(H,16,17). The number of carboxylic acids is 1. The summed E-state index contributed by atoms with van der Waals surface area (Å²) in [6.45, 7) is 0.0168. The van der Waals surface area contributed by atoms with Crippen molar-refractivity contribution in [2.45, 2.75) is 11.4 Å². The second kappa shape index (κ2) is 5.88. The molecule has 6 nitrogen and oxygen atoms in total. The predicted octanol–water partition coefficient (Wildman–Crippen LogP) is 2.45. The van der Waals surface area contributed by atoms with E-state index in [1.54, 1.807) is 12.1 Å². The average Bonchev–Trinajstić information content (AvgIpc) is 2.91. The molecule has 0 saturated heterocycles. The van der Waals surface area contributed by atoms with Gasteiger partial charge < -0.3 is 9.52 Å². The van der Waals surface area contributed by atoms with Gasteiger partial charge in [0.15, 0.2) is 0 Å². The van der Waals surface area contributed by atoms with Crippen LogP contribution in [0.1, 0.15) is 16.1 Å². The van der Waals surface area contributed by atoms with E-state index in [9.17, 15) is 13.2 Å². The quantitative estimate of drug-likeness (QED) is 0.910. The van der Waals surface area contributed by atoms with E-state index in [-0.39, 0.29) is 22.0 Å². The van der Waals surface area contributed by atoms with E-state index in [1.807, 2.05) is 0 Å². The molecule has 0 amide bonds. The third kappa shape index (κ3) is 3.26. The zero-order valence-corrected chi connectivity index (χ0v) is 12.6. The highest BCUT2D eigenvalue weighted by Gasteiger charge is 2.25. The van der Waals surface area contributed by atoms with Crippen molar-refractivity contribution < 1.29 is 22.7 Å². The molecule has 0 aliphatic carbocycles. The van der Waals surface area contributed by atoms with E-state index in [1.165, 1.54) is 25.4 Å². The van der Waals surface area contributed by atoms with Crippen LogP contribution < -0.4 is 0 Å². The van der Waals surface area contributed by atoms with Crippen molar-refractivity contribution in [1.82, 2.24) is 4.31 Å². The second-order valence-corrected chi connectivity index (χ2v) is 6.71. The van der Waals surface area contributed by atoms with E-state index >= 15 is 0 Å². The van der Waals surface area contributed by atoms with E-state index in [0.29, 0.717) is 5.76 Å². The van der Waals surface area contributed by atoms with Crippen molar-refractivity contribution >= 4 is 27.6 Å². The Morgan fingerprint density at radius 3 is 2.67 bits per heavy atom. The molecule has 1 aromatic carbocycles. The number of halogens is 1. The highest BCUT2D eigenvalue weighted by atomic mass is 35.5.